The van der Waals surface area contributed by atoms with E-state index >= 15 is 9.59 Å². The van der Waals surface area contributed by atoms with Gasteiger partial charge in [0, 0.05) is 18.7 Å². The van der Waals surface area contributed by atoms with Crippen LogP contribution in [0.3, 0.4) is 0 Å². The summed E-state index contributed by atoms with van der Waals surface area (Å²) < 4.78 is 3.37. The second-order valence-electron chi connectivity index (χ2n) is 16.4. The molecule has 4 atom stereocenters. The molecule has 2 aromatic heterocycles. The number of carbonyl (C=O) groups excluding carboxylic acids is 2. The van der Waals surface area contributed by atoms with E-state index in [0.717, 1.165) is 16.7 Å². The molecule has 2 aliphatic rings. The van der Waals surface area contributed by atoms with Gasteiger partial charge in [-0.2, -0.15) is 0 Å². The van der Waals surface area contributed by atoms with Crippen molar-refractivity contribution >= 4 is 45.2 Å². The van der Waals surface area contributed by atoms with Crippen molar-refractivity contribution in [3.05, 3.63) is 201 Å². The van der Waals surface area contributed by atoms with Crippen LogP contribution in [0.25, 0.3) is 32.9 Å². The number of urea groups is 2. The third kappa shape index (κ3) is 7.16. The van der Waals surface area contributed by atoms with E-state index in [9.17, 15) is 9.59 Å². The highest BCUT2D eigenvalue weighted by Crippen LogP contribution is 2.41. The predicted octanol–water partition coefficient (Wildman–Crippen LogP) is 10.3. The number of aromatic nitrogens is 4. The topological polar surface area (TPSA) is 134 Å². The second-order valence-corrected chi connectivity index (χ2v) is 16.4. The van der Waals surface area contributed by atoms with Gasteiger partial charge in [0.1, 0.15) is 11.6 Å². The van der Waals surface area contributed by atoms with E-state index in [1.807, 2.05) is 153 Å². The number of nitrogens with one attached hydrogen (secondary N) is 2. The summed E-state index contributed by atoms with van der Waals surface area (Å²) in [7, 11) is 0. The highest BCUT2D eigenvalue weighted by molar-refractivity contribution is 6.04. The summed E-state index contributed by atoms with van der Waals surface area (Å²) in [5, 5.41) is 7.58. The monoisotopic (exact) mass is 846 g/mol. The Balaban J connectivity index is 1.07. The van der Waals surface area contributed by atoms with Gasteiger partial charge in [-0.05, 0) is 73.7 Å². The van der Waals surface area contributed by atoms with Gasteiger partial charge in [0.05, 0.1) is 57.3 Å². The Bertz CT molecular complexity index is 3170. The zero-order valence-electron chi connectivity index (χ0n) is 35.5. The molecule has 4 heterocycles. The van der Waals surface area contributed by atoms with Crippen LogP contribution < -0.4 is 21.8 Å². The normalized spacial score (nSPS) is 16.2. The summed E-state index contributed by atoms with van der Waals surface area (Å²) in [6.45, 7) is 4.77. The molecule has 0 radical (unpaired) electrons. The molecule has 4 amide bonds. The standard InChI is InChI=1S/C52H46N8O4/c1-33(35-17-6-3-7-18-35)59(44-29-31-57-47(44)53-41-26-14-12-23-39(41)49(57)61)51(63)55-43-28-16-25-38(37-21-10-5-11-22-37)46(43)56-52(64)60(34(2)36-19-8-4-9-20-36)45-30-32-58-48(45)54-42-27-15-13-24-40(42)50(58)62/h3-28,33-34,44-45H,29-32H2,1-2H3,(H,55,63)(H,56,64). The Labute approximate surface area is 369 Å². The number of fused-ring (bicyclic) bond motifs is 4. The van der Waals surface area contributed by atoms with Gasteiger partial charge in [-0.3, -0.25) is 18.7 Å². The van der Waals surface area contributed by atoms with Crippen LogP contribution in [0.2, 0.25) is 0 Å². The van der Waals surface area contributed by atoms with E-state index in [0.29, 0.717) is 76.3 Å². The van der Waals surface area contributed by atoms with Crippen LogP contribution in [0.15, 0.2) is 167 Å². The van der Waals surface area contributed by atoms with Crippen molar-refractivity contribution in [3.8, 4) is 11.1 Å². The fourth-order valence-corrected chi connectivity index (χ4v) is 9.56. The number of para-hydroxylation sites is 3. The Kier molecular flexibility index (Phi) is 10.5. The maximum atomic E-state index is 15.3. The Morgan fingerprint density at radius 1 is 0.547 bits per heavy atom. The van der Waals surface area contributed by atoms with Crippen molar-refractivity contribution < 1.29 is 9.59 Å². The van der Waals surface area contributed by atoms with Crippen molar-refractivity contribution in [1.29, 1.82) is 0 Å². The van der Waals surface area contributed by atoms with E-state index in [2.05, 4.69) is 10.6 Å². The smallest absolute Gasteiger partial charge is 0.308 e. The quantitative estimate of drug-likeness (QED) is 0.149. The summed E-state index contributed by atoms with van der Waals surface area (Å²) in [6.07, 6.45) is 0.965. The molecular weight excluding hydrogens is 801 g/mol. The molecular formula is C52H46N8O4. The van der Waals surface area contributed by atoms with Gasteiger partial charge >= 0.3 is 12.1 Å². The predicted molar refractivity (Wildman–Crippen MR) is 250 cm³/mol. The lowest BCUT2D eigenvalue weighted by Crippen LogP contribution is -2.41. The number of benzene rings is 6. The second kappa shape index (κ2) is 16.8. The third-order valence-corrected chi connectivity index (χ3v) is 12.8. The van der Waals surface area contributed by atoms with Crippen molar-refractivity contribution in [2.45, 2.75) is 63.9 Å². The van der Waals surface area contributed by atoms with Crippen LogP contribution in [0.1, 0.15) is 73.6 Å². The summed E-state index contributed by atoms with van der Waals surface area (Å²) in [6, 6.07) is 46.6. The van der Waals surface area contributed by atoms with Gasteiger partial charge < -0.3 is 20.4 Å². The number of anilines is 2. The van der Waals surface area contributed by atoms with Crippen molar-refractivity contribution in [2.75, 3.05) is 10.6 Å². The van der Waals surface area contributed by atoms with Crippen molar-refractivity contribution in [3.63, 3.8) is 0 Å². The van der Waals surface area contributed by atoms with Crippen LogP contribution in [0, 0.1) is 0 Å². The Morgan fingerprint density at radius 3 is 1.48 bits per heavy atom. The average molecular weight is 847 g/mol. The van der Waals surface area contributed by atoms with E-state index in [-0.39, 0.29) is 11.1 Å². The van der Waals surface area contributed by atoms with Crippen LogP contribution in [-0.4, -0.2) is 41.0 Å². The van der Waals surface area contributed by atoms with Gasteiger partial charge in [0.2, 0.25) is 0 Å². The van der Waals surface area contributed by atoms with Gasteiger partial charge in [-0.1, -0.05) is 127 Å². The van der Waals surface area contributed by atoms with E-state index in [1.54, 1.807) is 37.1 Å². The van der Waals surface area contributed by atoms with E-state index in [4.69, 9.17) is 9.97 Å². The average Bonchev–Trinajstić information content (AvgIpc) is 3.95. The molecule has 64 heavy (non-hydrogen) atoms. The van der Waals surface area contributed by atoms with Crippen LogP contribution >= 0.6 is 0 Å². The maximum absolute atomic E-state index is 15.3. The largest absolute Gasteiger partial charge is 0.323 e. The number of hydrogen-bond donors (Lipinski definition) is 2. The first-order valence-corrected chi connectivity index (χ1v) is 21.7. The molecule has 12 heteroatoms. The van der Waals surface area contributed by atoms with Crippen molar-refractivity contribution in [2.24, 2.45) is 0 Å². The number of hydrogen-bond acceptors (Lipinski definition) is 6. The molecule has 0 fully saturated rings. The number of rotatable bonds is 9. The van der Waals surface area contributed by atoms with Crippen LogP contribution in [-0.2, 0) is 13.1 Å². The molecule has 2 N–H and O–H groups in total. The van der Waals surface area contributed by atoms with E-state index < -0.39 is 36.2 Å². The zero-order valence-corrected chi connectivity index (χ0v) is 35.5. The zero-order chi connectivity index (χ0) is 43.9. The molecule has 10 rings (SSSR count). The molecule has 0 saturated heterocycles. The Hall–Kier alpha value is -7.86. The Morgan fingerprint density at radius 2 is 0.984 bits per heavy atom. The molecule has 0 aliphatic carbocycles. The minimum Gasteiger partial charge on any atom is -0.308 e. The first kappa shape index (κ1) is 40.2. The summed E-state index contributed by atoms with van der Waals surface area (Å²) in [4.78, 5) is 71.7. The molecule has 4 unspecified atom stereocenters. The van der Waals surface area contributed by atoms with E-state index in [1.165, 1.54) is 0 Å². The lowest BCUT2D eigenvalue weighted by Gasteiger charge is -2.36. The minimum atomic E-state index is -0.550. The number of carbonyl (C=O) groups is 2. The highest BCUT2D eigenvalue weighted by Gasteiger charge is 2.40. The fraction of sp³-hybridized carbons (Fsp3) is 0.192. The maximum Gasteiger partial charge on any atom is 0.323 e. The van der Waals surface area contributed by atoms with Gasteiger partial charge in [-0.15, -0.1) is 0 Å². The molecule has 12 nitrogen and oxygen atoms in total. The van der Waals surface area contributed by atoms with Gasteiger partial charge in [-0.25, -0.2) is 19.6 Å². The number of nitrogens with zero attached hydrogens (tertiary/aromatic N) is 6. The van der Waals surface area contributed by atoms with Crippen molar-refractivity contribution in [1.82, 2.24) is 28.9 Å². The molecule has 318 valence electrons. The third-order valence-electron chi connectivity index (χ3n) is 12.8. The molecule has 0 bridgehead atoms. The van der Waals surface area contributed by atoms with Gasteiger partial charge in [0.25, 0.3) is 11.1 Å². The molecule has 0 spiro atoms. The SMILES string of the molecule is CC(c1ccccc1)N(C(=O)Nc1cccc(-c2ccccc2)c1NC(=O)N(C(C)c1ccccc1)C1CCn2c1nc1ccccc1c2=O)C1CCn2c1nc1ccccc1c2=O. The lowest BCUT2D eigenvalue weighted by atomic mass is 10.0. The summed E-state index contributed by atoms with van der Waals surface area (Å²) >= 11 is 0. The van der Waals surface area contributed by atoms with Gasteiger partial charge in [0.15, 0.2) is 0 Å². The minimum absolute atomic E-state index is 0.135. The van der Waals surface area contributed by atoms with Crippen LogP contribution in [0.4, 0.5) is 21.0 Å². The summed E-state index contributed by atoms with van der Waals surface area (Å²) in [5.74, 6) is 1.05. The molecule has 0 saturated carbocycles. The fourth-order valence-electron chi connectivity index (χ4n) is 9.56. The lowest BCUT2D eigenvalue weighted by molar-refractivity contribution is 0.158. The van der Waals surface area contributed by atoms with Crippen LogP contribution in [0.5, 0.6) is 0 Å². The highest BCUT2D eigenvalue weighted by atomic mass is 16.2. The molecule has 8 aromatic rings. The number of amides is 4. The first-order chi connectivity index (χ1) is 31.3. The molecule has 2 aliphatic heterocycles. The summed E-state index contributed by atoms with van der Waals surface area (Å²) in [5.41, 5.74) is 5.01. The first-order valence-electron chi connectivity index (χ1n) is 21.7. The molecule has 6 aromatic carbocycles.